The van der Waals surface area contributed by atoms with Crippen LogP contribution in [0.4, 0.5) is 5.69 Å². The van der Waals surface area contributed by atoms with Gasteiger partial charge < -0.3 is 24.8 Å². The lowest BCUT2D eigenvalue weighted by Crippen LogP contribution is -2.32. The van der Waals surface area contributed by atoms with Crippen LogP contribution < -0.4 is 20.1 Å². The van der Waals surface area contributed by atoms with Crippen LogP contribution >= 0.6 is 11.6 Å². The van der Waals surface area contributed by atoms with Gasteiger partial charge in [-0.05, 0) is 36.4 Å². The number of esters is 1. The van der Waals surface area contributed by atoms with Crippen molar-refractivity contribution < 1.29 is 28.6 Å². The zero-order valence-corrected chi connectivity index (χ0v) is 16.0. The fraction of sp³-hybridized carbons (Fsp3) is 0.211. The van der Waals surface area contributed by atoms with Crippen molar-refractivity contribution >= 4 is 35.1 Å². The number of amides is 2. The second kappa shape index (κ2) is 10.2. The van der Waals surface area contributed by atoms with Crippen molar-refractivity contribution in [2.24, 2.45) is 0 Å². The molecule has 8 nitrogen and oxygen atoms in total. The maximum absolute atomic E-state index is 12.0. The molecular weight excluding hydrogens is 388 g/mol. The molecule has 28 heavy (non-hydrogen) atoms. The molecule has 0 unspecified atom stereocenters. The molecule has 0 aromatic heterocycles. The normalized spacial score (nSPS) is 9.96. The van der Waals surface area contributed by atoms with Crippen LogP contribution in [0.1, 0.15) is 10.4 Å². The van der Waals surface area contributed by atoms with Crippen LogP contribution in [0.25, 0.3) is 0 Å². The van der Waals surface area contributed by atoms with E-state index in [1.54, 1.807) is 30.3 Å². The van der Waals surface area contributed by atoms with Gasteiger partial charge >= 0.3 is 5.97 Å². The van der Waals surface area contributed by atoms with Crippen LogP contribution in [0, 0.1) is 0 Å². The van der Waals surface area contributed by atoms with Gasteiger partial charge in [0.25, 0.3) is 11.8 Å². The van der Waals surface area contributed by atoms with Crippen molar-refractivity contribution in [3.63, 3.8) is 0 Å². The average molecular weight is 407 g/mol. The Morgan fingerprint density at radius 1 is 1.00 bits per heavy atom. The highest BCUT2D eigenvalue weighted by molar-refractivity contribution is 6.30. The summed E-state index contributed by atoms with van der Waals surface area (Å²) in [5, 5.41) is 5.46. The number of halogens is 1. The summed E-state index contributed by atoms with van der Waals surface area (Å²) >= 11 is 5.75. The molecule has 2 amide bonds. The highest BCUT2D eigenvalue weighted by Gasteiger charge is 2.13. The third-order valence-corrected chi connectivity index (χ3v) is 3.80. The molecule has 0 aliphatic carbocycles. The molecule has 0 atom stereocenters. The van der Waals surface area contributed by atoms with Gasteiger partial charge in [-0.25, -0.2) is 0 Å². The number of hydrogen-bond acceptors (Lipinski definition) is 6. The number of benzene rings is 2. The standard InChI is InChI=1S/C19H19ClN2O6/c1-26-14-7-8-15(16(9-14)27-2)22-17(23)11-28-18(24)10-21-19(25)12-3-5-13(20)6-4-12/h3-9H,10-11H2,1-2H3,(H,21,25)(H,22,23). The predicted molar refractivity (Wildman–Crippen MR) is 103 cm³/mol. The number of hydrogen-bond donors (Lipinski definition) is 2. The van der Waals surface area contributed by atoms with Crippen LogP contribution in [-0.2, 0) is 14.3 Å². The summed E-state index contributed by atoms with van der Waals surface area (Å²) in [7, 11) is 2.96. The summed E-state index contributed by atoms with van der Waals surface area (Å²) in [4.78, 5) is 35.6. The monoisotopic (exact) mass is 406 g/mol. The number of rotatable bonds is 8. The van der Waals surface area contributed by atoms with Crippen LogP contribution in [0.5, 0.6) is 11.5 Å². The van der Waals surface area contributed by atoms with E-state index in [1.807, 2.05) is 0 Å². The van der Waals surface area contributed by atoms with Crippen molar-refractivity contribution in [3.05, 3.63) is 53.1 Å². The Labute approximate surface area is 166 Å². The molecule has 2 N–H and O–H groups in total. The summed E-state index contributed by atoms with van der Waals surface area (Å²) in [5.41, 5.74) is 0.752. The van der Waals surface area contributed by atoms with E-state index in [0.717, 1.165) is 0 Å². The third-order valence-electron chi connectivity index (χ3n) is 3.55. The Morgan fingerprint density at radius 2 is 1.71 bits per heavy atom. The minimum absolute atomic E-state index is 0.349. The summed E-state index contributed by atoms with van der Waals surface area (Å²) in [5.74, 6) is -0.798. The molecule has 2 aromatic rings. The molecule has 9 heteroatoms. The fourth-order valence-electron chi connectivity index (χ4n) is 2.14. The van der Waals surface area contributed by atoms with E-state index in [-0.39, 0.29) is 6.54 Å². The summed E-state index contributed by atoms with van der Waals surface area (Å²) in [6.45, 7) is -0.884. The minimum atomic E-state index is -0.751. The second-order valence-corrected chi connectivity index (χ2v) is 5.90. The number of nitrogens with one attached hydrogen (secondary N) is 2. The Balaban J connectivity index is 1.78. The van der Waals surface area contributed by atoms with E-state index < -0.39 is 24.4 Å². The first kappa shape index (κ1) is 21.0. The summed E-state index contributed by atoms with van der Waals surface area (Å²) in [6, 6.07) is 11.0. The zero-order valence-electron chi connectivity index (χ0n) is 15.3. The highest BCUT2D eigenvalue weighted by atomic mass is 35.5. The Morgan fingerprint density at radius 3 is 2.36 bits per heavy atom. The summed E-state index contributed by atoms with van der Waals surface area (Å²) < 4.78 is 15.1. The third kappa shape index (κ3) is 6.17. The van der Waals surface area contributed by atoms with E-state index in [1.165, 1.54) is 26.4 Å². The number of methoxy groups -OCH3 is 2. The SMILES string of the molecule is COc1ccc(NC(=O)COC(=O)CNC(=O)c2ccc(Cl)cc2)c(OC)c1. The van der Waals surface area contributed by atoms with E-state index in [4.69, 9.17) is 25.8 Å². The number of carbonyl (C=O) groups is 3. The minimum Gasteiger partial charge on any atom is -0.497 e. The van der Waals surface area contributed by atoms with Gasteiger partial charge in [-0.2, -0.15) is 0 Å². The molecule has 0 saturated heterocycles. The molecule has 0 fully saturated rings. The maximum atomic E-state index is 12.0. The number of carbonyl (C=O) groups excluding carboxylic acids is 3. The molecule has 2 rings (SSSR count). The lowest BCUT2D eigenvalue weighted by atomic mass is 10.2. The van der Waals surface area contributed by atoms with Crippen molar-refractivity contribution in [2.45, 2.75) is 0 Å². The molecule has 2 aromatic carbocycles. The largest absolute Gasteiger partial charge is 0.497 e. The van der Waals surface area contributed by atoms with E-state index >= 15 is 0 Å². The van der Waals surface area contributed by atoms with Gasteiger partial charge in [0, 0.05) is 16.7 Å². The molecule has 0 radical (unpaired) electrons. The van der Waals surface area contributed by atoms with E-state index in [9.17, 15) is 14.4 Å². The van der Waals surface area contributed by atoms with Crippen LogP contribution in [0.2, 0.25) is 5.02 Å². The first-order valence-electron chi connectivity index (χ1n) is 8.14. The van der Waals surface area contributed by atoms with Crippen molar-refractivity contribution in [1.82, 2.24) is 5.32 Å². The van der Waals surface area contributed by atoms with Crippen molar-refractivity contribution in [3.8, 4) is 11.5 Å². The Kier molecular flexibility index (Phi) is 7.65. The number of anilines is 1. The maximum Gasteiger partial charge on any atom is 0.325 e. The lowest BCUT2D eigenvalue weighted by Gasteiger charge is -2.12. The van der Waals surface area contributed by atoms with E-state index in [2.05, 4.69) is 10.6 Å². The van der Waals surface area contributed by atoms with Gasteiger partial charge in [0.1, 0.15) is 18.0 Å². The Bertz CT molecular complexity index is 854. The van der Waals surface area contributed by atoms with Gasteiger partial charge in [0.2, 0.25) is 0 Å². The van der Waals surface area contributed by atoms with Crippen LogP contribution in [-0.4, -0.2) is 45.2 Å². The van der Waals surface area contributed by atoms with Crippen molar-refractivity contribution in [1.29, 1.82) is 0 Å². The lowest BCUT2D eigenvalue weighted by molar-refractivity contribution is -0.146. The fourth-order valence-corrected chi connectivity index (χ4v) is 2.27. The predicted octanol–water partition coefficient (Wildman–Crippen LogP) is 2.27. The van der Waals surface area contributed by atoms with Crippen LogP contribution in [0.15, 0.2) is 42.5 Å². The molecule has 0 aliphatic rings. The average Bonchev–Trinajstić information content (AvgIpc) is 2.71. The molecule has 0 aliphatic heterocycles. The summed E-state index contributed by atoms with van der Waals surface area (Å²) in [6.07, 6.45) is 0. The first-order valence-corrected chi connectivity index (χ1v) is 8.52. The zero-order chi connectivity index (χ0) is 20.5. The molecule has 0 spiro atoms. The van der Waals surface area contributed by atoms with Gasteiger partial charge in [-0.15, -0.1) is 0 Å². The van der Waals surface area contributed by atoms with Crippen LogP contribution in [0.3, 0.4) is 0 Å². The van der Waals surface area contributed by atoms with Gasteiger partial charge in [-0.3, -0.25) is 14.4 Å². The Hall–Kier alpha value is -3.26. The number of ether oxygens (including phenoxy) is 3. The molecule has 0 heterocycles. The van der Waals surface area contributed by atoms with Crippen molar-refractivity contribution in [2.75, 3.05) is 32.7 Å². The topological polar surface area (TPSA) is 103 Å². The quantitative estimate of drug-likeness (QED) is 0.652. The van der Waals surface area contributed by atoms with Gasteiger partial charge in [-0.1, -0.05) is 11.6 Å². The van der Waals surface area contributed by atoms with Gasteiger partial charge in [0.05, 0.1) is 19.9 Å². The van der Waals surface area contributed by atoms with Gasteiger partial charge in [0.15, 0.2) is 6.61 Å². The second-order valence-electron chi connectivity index (χ2n) is 5.46. The molecule has 148 valence electrons. The first-order chi connectivity index (χ1) is 13.4. The van der Waals surface area contributed by atoms with E-state index in [0.29, 0.717) is 27.8 Å². The molecule has 0 bridgehead atoms. The molecule has 0 saturated carbocycles. The highest BCUT2D eigenvalue weighted by Crippen LogP contribution is 2.28. The smallest absolute Gasteiger partial charge is 0.325 e. The molecular formula is C19H19ClN2O6.